The van der Waals surface area contributed by atoms with Crippen molar-refractivity contribution in [3.05, 3.63) is 11.7 Å². The molecule has 0 amide bonds. The van der Waals surface area contributed by atoms with Crippen LogP contribution in [0.1, 0.15) is 32.0 Å². The second-order valence-corrected chi connectivity index (χ2v) is 4.49. The molecule has 2 N–H and O–H groups in total. The zero-order chi connectivity index (χ0) is 13.1. The van der Waals surface area contributed by atoms with E-state index in [0.29, 0.717) is 12.3 Å². The van der Waals surface area contributed by atoms with Gasteiger partial charge in [0.15, 0.2) is 5.82 Å². The first-order valence-electron chi connectivity index (χ1n) is 5.40. The Labute approximate surface area is 97.4 Å². The minimum absolute atomic E-state index is 0.164. The maximum absolute atomic E-state index is 12.0. The third-order valence-corrected chi connectivity index (χ3v) is 2.08. The van der Waals surface area contributed by atoms with E-state index < -0.39 is 12.6 Å². The van der Waals surface area contributed by atoms with Crippen molar-refractivity contribution in [3.8, 4) is 0 Å². The molecule has 1 aromatic rings. The molecule has 0 saturated carbocycles. The van der Waals surface area contributed by atoms with E-state index in [1.54, 1.807) is 0 Å². The molecule has 0 saturated heterocycles. The zero-order valence-electron chi connectivity index (χ0n) is 9.79. The minimum Gasteiger partial charge on any atom is -0.339 e. The molecule has 17 heavy (non-hydrogen) atoms. The van der Waals surface area contributed by atoms with Crippen LogP contribution >= 0.6 is 0 Å². The highest BCUT2D eigenvalue weighted by atomic mass is 19.4. The summed E-state index contributed by atoms with van der Waals surface area (Å²) in [6, 6.07) is -0.172. The standard InChI is InChI=1S/C10H16F3N3O/c1-6(2)3-7(14)4-9-15-8(16-17-9)5-10(11,12)13/h6-7H,3-5,14H2,1-2H3. The lowest BCUT2D eigenvalue weighted by atomic mass is 10.0. The first kappa shape index (κ1) is 14.0. The summed E-state index contributed by atoms with van der Waals surface area (Å²) in [6.07, 6.45) is -4.42. The van der Waals surface area contributed by atoms with Crippen LogP contribution in [0.3, 0.4) is 0 Å². The maximum atomic E-state index is 12.0. The fraction of sp³-hybridized carbons (Fsp3) is 0.800. The van der Waals surface area contributed by atoms with E-state index in [4.69, 9.17) is 10.3 Å². The van der Waals surface area contributed by atoms with Gasteiger partial charge in [-0.25, -0.2) is 0 Å². The molecule has 7 heteroatoms. The van der Waals surface area contributed by atoms with E-state index in [1.165, 1.54) is 0 Å². The quantitative estimate of drug-likeness (QED) is 0.870. The Balaban J connectivity index is 2.51. The highest BCUT2D eigenvalue weighted by Gasteiger charge is 2.30. The number of hydrogen-bond donors (Lipinski definition) is 1. The van der Waals surface area contributed by atoms with Gasteiger partial charge in [-0.3, -0.25) is 0 Å². The maximum Gasteiger partial charge on any atom is 0.396 e. The normalized spacial score (nSPS) is 14.3. The number of nitrogens with two attached hydrogens (primary N) is 1. The largest absolute Gasteiger partial charge is 0.396 e. The number of hydrogen-bond acceptors (Lipinski definition) is 4. The SMILES string of the molecule is CC(C)CC(N)Cc1nc(CC(F)(F)F)no1. The number of halogens is 3. The third kappa shape index (κ3) is 5.67. The van der Waals surface area contributed by atoms with Crippen LogP contribution in [0, 0.1) is 5.92 Å². The number of nitrogens with zero attached hydrogens (tertiary/aromatic N) is 2. The molecule has 1 unspecified atom stereocenters. The Morgan fingerprint density at radius 2 is 2.00 bits per heavy atom. The van der Waals surface area contributed by atoms with Crippen LogP contribution in [0.2, 0.25) is 0 Å². The summed E-state index contributed by atoms with van der Waals surface area (Å²) in [4.78, 5) is 3.67. The molecule has 0 aromatic carbocycles. The van der Waals surface area contributed by atoms with Crippen LogP contribution in [0.15, 0.2) is 4.52 Å². The van der Waals surface area contributed by atoms with Gasteiger partial charge in [-0.05, 0) is 12.3 Å². The first-order valence-corrected chi connectivity index (χ1v) is 5.40. The average Bonchev–Trinajstić information content (AvgIpc) is 2.46. The first-order chi connectivity index (χ1) is 7.76. The fourth-order valence-electron chi connectivity index (χ4n) is 1.54. The van der Waals surface area contributed by atoms with E-state index in [-0.39, 0.29) is 17.8 Å². The van der Waals surface area contributed by atoms with Crippen LogP contribution in [-0.2, 0) is 12.8 Å². The Morgan fingerprint density at radius 3 is 2.53 bits per heavy atom. The zero-order valence-corrected chi connectivity index (χ0v) is 9.79. The smallest absolute Gasteiger partial charge is 0.339 e. The lowest BCUT2D eigenvalue weighted by molar-refractivity contribution is -0.128. The number of rotatable bonds is 5. The van der Waals surface area contributed by atoms with E-state index in [2.05, 4.69) is 10.1 Å². The third-order valence-electron chi connectivity index (χ3n) is 2.08. The molecule has 1 aromatic heterocycles. The van der Waals surface area contributed by atoms with Crippen molar-refractivity contribution >= 4 is 0 Å². The summed E-state index contributed by atoms with van der Waals surface area (Å²) < 4.78 is 40.8. The van der Waals surface area contributed by atoms with Crippen molar-refractivity contribution in [2.24, 2.45) is 11.7 Å². The Morgan fingerprint density at radius 1 is 1.35 bits per heavy atom. The van der Waals surface area contributed by atoms with Gasteiger partial charge in [0, 0.05) is 12.5 Å². The topological polar surface area (TPSA) is 64.9 Å². The molecule has 1 heterocycles. The van der Waals surface area contributed by atoms with Gasteiger partial charge in [0.05, 0.1) is 0 Å². The summed E-state index contributed by atoms with van der Waals surface area (Å²) in [7, 11) is 0. The average molecular weight is 251 g/mol. The molecule has 0 spiro atoms. The number of alkyl halides is 3. The van der Waals surface area contributed by atoms with Crippen LogP contribution < -0.4 is 5.73 Å². The Hall–Kier alpha value is -1.11. The molecule has 1 rings (SSSR count). The van der Waals surface area contributed by atoms with E-state index in [1.807, 2.05) is 13.8 Å². The van der Waals surface area contributed by atoms with Gasteiger partial charge in [0.1, 0.15) is 6.42 Å². The molecule has 1 atom stereocenters. The van der Waals surface area contributed by atoms with Gasteiger partial charge in [0.2, 0.25) is 5.89 Å². The lowest BCUT2D eigenvalue weighted by Gasteiger charge is -2.10. The molecule has 0 radical (unpaired) electrons. The van der Waals surface area contributed by atoms with Crippen molar-refractivity contribution in [2.45, 2.75) is 45.3 Å². The molecule has 0 aliphatic heterocycles. The van der Waals surface area contributed by atoms with Crippen LogP contribution in [0.4, 0.5) is 13.2 Å². The fourth-order valence-corrected chi connectivity index (χ4v) is 1.54. The van der Waals surface area contributed by atoms with Crippen molar-refractivity contribution in [3.63, 3.8) is 0 Å². The van der Waals surface area contributed by atoms with Gasteiger partial charge >= 0.3 is 6.18 Å². The van der Waals surface area contributed by atoms with Crippen molar-refractivity contribution < 1.29 is 17.7 Å². The highest BCUT2D eigenvalue weighted by molar-refractivity contribution is 4.91. The molecule has 98 valence electrons. The highest BCUT2D eigenvalue weighted by Crippen LogP contribution is 2.19. The molecular weight excluding hydrogens is 235 g/mol. The number of aromatic nitrogens is 2. The predicted octanol–water partition coefficient (Wildman–Crippen LogP) is 2.09. The molecular formula is C10H16F3N3O. The van der Waals surface area contributed by atoms with Gasteiger partial charge in [-0.1, -0.05) is 19.0 Å². The molecule has 0 bridgehead atoms. The van der Waals surface area contributed by atoms with Crippen LogP contribution in [0.25, 0.3) is 0 Å². The molecule has 4 nitrogen and oxygen atoms in total. The van der Waals surface area contributed by atoms with E-state index in [0.717, 1.165) is 6.42 Å². The van der Waals surface area contributed by atoms with Crippen molar-refractivity contribution in [2.75, 3.05) is 0 Å². The van der Waals surface area contributed by atoms with Gasteiger partial charge < -0.3 is 10.3 Å². The van der Waals surface area contributed by atoms with Crippen LogP contribution in [0.5, 0.6) is 0 Å². The van der Waals surface area contributed by atoms with Crippen molar-refractivity contribution in [1.82, 2.24) is 10.1 Å². The second kappa shape index (κ2) is 5.48. The summed E-state index contributed by atoms with van der Waals surface area (Å²) in [5, 5.41) is 3.27. The summed E-state index contributed by atoms with van der Waals surface area (Å²) in [5.74, 6) is 0.240. The van der Waals surface area contributed by atoms with Crippen LogP contribution in [-0.4, -0.2) is 22.4 Å². The molecule has 0 fully saturated rings. The lowest BCUT2D eigenvalue weighted by Crippen LogP contribution is -2.24. The van der Waals surface area contributed by atoms with E-state index >= 15 is 0 Å². The Kier molecular flexibility index (Phi) is 4.50. The monoisotopic (exact) mass is 251 g/mol. The van der Waals surface area contributed by atoms with Gasteiger partial charge in [-0.2, -0.15) is 18.2 Å². The van der Waals surface area contributed by atoms with E-state index in [9.17, 15) is 13.2 Å². The summed E-state index contributed by atoms with van der Waals surface area (Å²) in [5.41, 5.74) is 5.79. The minimum atomic E-state index is -4.32. The summed E-state index contributed by atoms with van der Waals surface area (Å²) in [6.45, 7) is 4.03. The van der Waals surface area contributed by atoms with Gasteiger partial charge in [-0.15, -0.1) is 0 Å². The predicted molar refractivity (Wildman–Crippen MR) is 55.2 cm³/mol. The molecule has 0 aliphatic carbocycles. The van der Waals surface area contributed by atoms with Crippen molar-refractivity contribution in [1.29, 1.82) is 0 Å². The van der Waals surface area contributed by atoms with Gasteiger partial charge in [0.25, 0.3) is 0 Å². The molecule has 0 aliphatic rings. The Bertz CT molecular complexity index is 349. The summed E-state index contributed by atoms with van der Waals surface area (Å²) >= 11 is 0. The second-order valence-electron chi connectivity index (χ2n) is 4.49.